The van der Waals surface area contributed by atoms with Gasteiger partial charge in [-0.1, -0.05) is 55.3 Å². The maximum atomic E-state index is 12.6. The molecule has 0 fully saturated rings. The molecule has 0 unspecified atom stereocenters. The van der Waals surface area contributed by atoms with E-state index in [2.05, 4.69) is 58.2 Å². The van der Waals surface area contributed by atoms with Crippen LogP contribution in [0.5, 0.6) is 0 Å². The number of aryl methyl sites for hydroxylation is 1. The fraction of sp³-hybridized carbons (Fsp3) is 0.296. The molecule has 180 valence electrons. The zero-order valence-electron chi connectivity index (χ0n) is 19.7. The van der Waals surface area contributed by atoms with E-state index in [0.717, 1.165) is 36.2 Å². The maximum absolute atomic E-state index is 12.6. The Labute approximate surface area is 214 Å². The quantitative estimate of drug-likeness (QED) is 0.242. The summed E-state index contributed by atoms with van der Waals surface area (Å²) in [6.45, 7) is 0.660. The lowest BCUT2D eigenvalue weighted by Crippen LogP contribution is -2.20. The first-order valence-electron chi connectivity index (χ1n) is 11.9. The first kappa shape index (κ1) is 23.5. The molecule has 0 atom stereocenters. The molecular formula is C27H28N4O2S2. The second-order valence-corrected chi connectivity index (χ2v) is 10.2. The van der Waals surface area contributed by atoms with Crippen LogP contribution in [0.15, 0.2) is 54.7 Å². The molecule has 0 saturated heterocycles. The Hall–Kier alpha value is -3.23. The number of anilines is 2. The molecule has 4 aromatic rings. The topological polar surface area (TPSA) is 68.2 Å². The number of hydrogen-bond donors (Lipinski definition) is 2. The van der Waals surface area contributed by atoms with Crippen LogP contribution in [0.1, 0.15) is 52.0 Å². The Balaban J connectivity index is 1.30. The van der Waals surface area contributed by atoms with Gasteiger partial charge >= 0.3 is 5.97 Å². The van der Waals surface area contributed by atoms with Crippen molar-refractivity contribution in [1.82, 2.24) is 9.78 Å². The number of methoxy groups -OCH3 is 1. The Morgan fingerprint density at radius 3 is 2.71 bits per heavy atom. The molecule has 1 aliphatic rings. The van der Waals surface area contributed by atoms with Gasteiger partial charge in [-0.3, -0.25) is 4.68 Å². The van der Waals surface area contributed by atoms with Crippen LogP contribution in [0, 0.1) is 0 Å². The zero-order valence-corrected chi connectivity index (χ0v) is 21.3. The van der Waals surface area contributed by atoms with E-state index in [1.165, 1.54) is 41.2 Å². The van der Waals surface area contributed by atoms with Gasteiger partial charge in [0.05, 0.1) is 19.2 Å². The minimum atomic E-state index is -0.312. The number of thiocarbonyl (C=S) groups is 1. The average molecular weight is 505 g/mol. The van der Waals surface area contributed by atoms with Crippen molar-refractivity contribution in [3.63, 3.8) is 0 Å². The van der Waals surface area contributed by atoms with E-state index in [-0.39, 0.29) is 5.97 Å². The molecule has 2 N–H and O–H groups in total. The minimum absolute atomic E-state index is 0.312. The molecule has 0 aliphatic heterocycles. The van der Waals surface area contributed by atoms with Crippen LogP contribution in [0.2, 0.25) is 0 Å². The van der Waals surface area contributed by atoms with Crippen LogP contribution in [-0.2, 0) is 24.1 Å². The fourth-order valence-corrected chi connectivity index (χ4v) is 6.25. The van der Waals surface area contributed by atoms with E-state index in [1.807, 2.05) is 16.9 Å². The number of esters is 1. The number of benzene rings is 2. The first-order valence-corrected chi connectivity index (χ1v) is 13.2. The molecule has 1 aliphatic carbocycles. The summed E-state index contributed by atoms with van der Waals surface area (Å²) in [5.41, 5.74) is 2.95. The van der Waals surface area contributed by atoms with Gasteiger partial charge in [0.2, 0.25) is 0 Å². The van der Waals surface area contributed by atoms with Crippen LogP contribution in [-0.4, -0.2) is 28.0 Å². The van der Waals surface area contributed by atoms with Crippen molar-refractivity contribution in [3.8, 4) is 0 Å². The molecule has 0 amide bonds. The number of fused-ring (bicyclic) bond motifs is 2. The lowest BCUT2D eigenvalue weighted by Gasteiger charge is -2.11. The van der Waals surface area contributed by atoms with Gasteiger partial charge < -0.3 is 15.4 Å². The number of ether oxygens (including phenoxy) is 1. The Morgan fingerprint density at radius 2 is 1.86 bits per heavy atom. The van der Waals surface area contributed by atoms with Crippen molar-refractivity contribution in [1.29, 1.82) is 0 Å². The van der Waals surface area contributed by atoms with E-state index >= 15 is 0 Å². The van der Waals surface area contributed by atoms with Gasteiger partial charge in [0.15, 0.2) is 10.9 Å². The average Bonchev–Trinajstić information content (AvgIpc) is 3.42. The largest absolute Gasteiger partial charge is 0.465 e. The van der Waals surface area contributed by atoms with E-state index in [4.69, 9.17) is 17.0 Å². The first-order chi connectivity index (χ1) is 17.1. The fourth-order valence-electron chi connectivity index (χ4n) is 4.70. The number of carbonyl (C=O) groups excluding carboxylic acids is 1. The number of nitrogens with one attached hydrogen (secondary N) is 2. The SMILES string of the molecule is COC(=O)c1c(NC(=S)Nc2ccn(Cc3cccc4ccccc34)n2)sc2c1CCCCCC2. The zero-order chi connectivity index (χ0) is 24.2. The summed E-state index contributed by atoms with van der Waals surface area (Å²) in [6.07, 6.45) is 8.48. The highest BCUT2D eigenvalue weighted by Gasteiger charge is 2.25. The molecule has 0 spiro atoms. The maximum Gasteiger partial charge on any atom is 0.341 e. The van der Waals surface area contributed by atoms with Crippen molar-refractivity contribution in [2.75, 3.05) is 17.7 Å². The number of carbonyl (C=O) groups is 1. The number of thiophene rings is 1. The molecule has 0 radical (unpaired) electrons. The van der Waals surface area contributed by atoms with Crippen molar-refractivity contribution in [2.24, 2.45) is 0 Å². The molecule has 8 heteroatoms. The van der Waals surface area contributed by atoms with E-state index < -0.39 is 0 Å². The predicted molar refractivity (Wildman–Crippen MR) is 147 cm³/mol. The smallest absolute Gasteiger partial charge is 0.341 e. The molecular weight excluding hydrogens is 476 g/mol. The number of hydrogen-bond acceptors (Lipinski definition) is 5. The summed E-state index contributed by atoms with van der Waals surface area (Å²) in [5, 5.41) is 14.6. The Bertz CT molecular complexity index is 1370. The lowest BCUT2D eigenvalue weighted by molar-refractivity contribution is 0.0601. The van der Waals surface area contributed by atoms with Gasteiger partial charge in [-0.25, -0.2) is 4.79 Å². The van der Waals surface area contributed by atoms with Crippen LogP contribution in [0.3, 0.4) is 0 Å². The van der Waals surface area contributed by atoms with Crippen LogP contribution >= 0.6 is 23.6 Å². The highest BCUT2D eigenvalue weighted by Crippen LogP contribution is 2.37. The molecule has 6 nitrogen and oxygen atoms in total. The van der Waals surface area contributed by atoms with Crippen molar-refractivity contribution >= 4 is 56.2 Å². The van der Waals surface area contributed by atoms with Crippen LogP contribution in [0.4, 0.5) is 10.8 Å². The van der Waals surface area contributed by atoms with Crippen molar-refractivity contribution in [3.05, 3.63) is 76.3 Å². The van der Waals surface area contributed by atoms with E-state index in [1.54, 1.807) is 11.3 Å². The standard InChI is InChI=1S/C27H28N4O2S2/c1-33-26(32)24-21-13-4-2-3-5-14-22(21)35-25(24)29-27(34)28-23-15-16-31(30-23)17-19-11-8-10-18-9-6-7-12-20(18)19/h6-12,15-16H,2-5,13-14,17H2,1H3,(H2,28,29,30,34). The monoisotopic (exact) mass is 504 g/mol. The highest BCUT2D eigenvalue weighted by molar-refractivity contribution is 7.80. The third-order valence-corrected chi connectivity index (χ3v) is 7.79. The van der Waals surface area contributed by atoms with Gasteiger partial charge in [-0.15, -0.1) is 11.3 Å². The third kappa shape index (κ3) is 5.23. The molecule has 0 saturated carbocycles. The molecule has 2 aromatic heterocycles. The predicted octanol–water partition coefficient (Wildman–Crippen LogP) is 6.40. The molecule has 0 bridgehead atoms. The minimum Gasteiger partial charge on any atom is -0.465 e. The van der Waals surface area contributed by atoms with Gasteiger partial charge in [0.1, 0.15) is 5.00 Å². The summed E-state index contributed by atoms with van der Waals surface area (Å²) in [4.78, 5) is 13.9. The van der Waals surface area contributed by atoms with E-state index in [9.17, 15) is 4.79 Å². The Morgan fingerprint density at radius 1 is 1.06 bits per heavy atom. The van der Waals surface area contributed by atoms with Crippen molar-refractivity contribution in [2.45, 2.75) is 45.1 Å². The second-order valence-electron chi connectivity index (χ2n) is 8.73. The lowest BCUT2D eigenvalue weighted by atomic mass is 9.96. The Kier molecular flexibility index (Phi) is 7.11. The summed E-state index contributed by atoms with van der Waals surface area (Å²) in [5.74, 6) is 0.338. The molecule has 2 aromatic carbocycles. The molecule has 35 heavy (non-hydrogen) atoms. The second kappa shape index (κ2) is 10.6. The van der Waals surface area contributed by atoms with Gasteiger partial charge in [0.25, 0.3) is 0 Å². The number of aromatic nitrogens is 2. The normalized spacial score (nSPS) is 13.5. The summed E-state index contributed by atoms with van der Waals surface area (Å²) in [6, 6.07) is 16.6. The number of rotatable bonds is 5. The van der Waals surface area contributed by atoms with Gasteiger partial charge in [-0.05, 0) is 59.8 Å². The van der Waals surface area contributed by atoms with Crippen molar-refractivity contribution < 1.29 is 9.53 Å². The summed E-state index contributed by atoms with van der Waals surface area (Å²) in [7, 11) is 1.43. The van der Waals surface area contributed by atoms with E-state index in [0.29, 0.717) is 23.0 Å². The molecule has 5 rings (SSSR count). The summed E-state index contributed by atoms with van der Waals surface area (Å²) >= 11 is 7.19. The van der Waals surface area contributed by atoms with Gasteiger partial charge in [0, 0.05) is 17.1 Å². The third-order valence-electron chi connectivity index (χ3n) is 6.38. The van der Waals surface area contributed by atoms with Gasteiger partial charge in [-0.2, -0.15) is 5.10 Å². The highest BCUT2D eigenvalue weighted by atomic mass is 32.1. The number of nitrogens with zero attached hydrogens (tertiary/aromatic N) is 2. The summed E-state index contributed by atoms with van der Waals surface area (Å²) < 4.78 is 7.00. The molecule has 2 heterocycles. The van der Waals surface area contributed by atoms with Crippen LogP contribution in [0.25, 0.3) is 10.8 Å². The van der Waals surface area contributed by atoms with Crippen LogP contribution < -0.4 is 10.6 Å².